The van der Waals surface area contributed by atoms with Crippen LogP contribution in [0, 0.1) is 12.8 Å². The molecule has 8 heteroatoms. The van der Waals surface area contributed by atoms with Gasteiger partial charge in [0.25, 0.3) is 0 Å². The average Bonchev–Trinajstić information content (AvgIpc) is 2.74. The number of carbonyl (C=O) groups excluding carboxylic acids is 2. The van der Waals surface area contributed by atoms with Crippen LogP contribution in [0.2, 0.25) is 5.02 Å². The van der Waals surface area contributed by atoms with E-state index in [9.17, 15) is 9.59 Å². The van der Waals surface area contributed by atoms with Crippen molar-refractivity contribution in [3.63, 3.8) is 0 Å². The highest BCUT2D eigenvalue weighted by atomic mass is 35.5. The fourth-order valence-electron chi connectivity index (χ4n) is 4.24. The maximum atomic E-state index is 12.7. The molecule has 7 nitrogen and oxygen atoms in total. The third-order valence-electron chi connectivity index (χ3n) is 6.03. The zero-order valence-corrected chi connectivity index (χ0v) is 17.8. The molecule has 1 aliphatic heterocycles. The molecule has 1 aromatic carbocycles. The summed E-state index contributed by atoms with van der Waals surface area (Å²) in [6.07, 6.45) is 4.78. The first-order valence-electron chi connectivity index (χ1n) is 10.1. The van der Waals surface area contributed by atoms with Gasteiger partial charge in [-0.3, -0.25) is 10.1 Å². The van der Waals surface area contributed by atoms with Gasteiger partial charge < -0.3 is 15.0 Å². The molecule has 2 aliphatic rings. The molecular formula is C22H25ClN4O3. The Hall–Kier alpha value is -2.80. The molecule has 0 spiro atoms. The maximum absolute atomic E-state index is 12.7. The van der Waals surface area contributed by atoms with Crippen molar-refractivity contribution >= 4 is 35.0 Å². The van der Waals surface area contributed by atoms with Gasteiger partial charge in [0.05, 0.1) is 18.7 Å². The molecule has 0 bridgehead atoms. The van der Waals surface area contributed by atoms with Gasteiger partial charge in [0.2, 0.25) is 5.91 Å². The second-order valence-corrected chi connectivity index (χ2v) is 8.26. The maximum Gasteiger partial charge on any atom is 0.323 e. The number of ether oxygens (including phenoxy) is 1. The lowest BCUT2D eigenvalue weighted by atomic mass is 9.84. The predicted molar refractivity (Wildman–Crippen MR) is 116 cm³/mol. The molecule has 2 N–H and O–H groups in total. The minimum absolute atomic E-state index is 0.0110. The third kappa shape index (κ3) is 4.07. The zero-order valence-electron chi connectivity index (χ0n) is 17.1. The number of benzene rings is 1. The van der Waals surface area contributed by atoms with E-state index >= 15 is 0 Å². The lowest BCUT2D eigenvalue weighted by molar-refractivity contribution is -0.121. The number of fused-ring (bicyclic) bond motifs is 1. The van der Waals surface area contributed by atoms with Gasteiger partial charge in [0.15, 0.2) is 0 Å². The highest BCUT2D eigenvalue weighted by Crippen LogP contribution is 2.33. The van der Waals surface area contributed by atoms with Crippen molar-refractivity contribution in [2.45, 2.75) is 45.2 Å². The van der Waals surface area contributed by atoms with E-state index in [1.807, 2.05) is 17.9 Å². The topological polar surface area (TPSA) is 83.6 Å². The molecule has 1 aliphatic carbocycles. The molecule has 0 unspecified atom stereocenters. The molecule has 0 radical (unpaired) electrons. The second kappa shape index (κ2) is 8.52. The van der Waals surface area contributed by atoms with Crippen LogP contribution in [-0.4, -0.2) is 35.0 Å². The molecule has 158 valence electrons. The number of aromatic nitrogens is 1. The zero-order chi connectivity index (χ0) is 21.3. The van der Waals surface area contributed by atoms with E-state index in [1.165, 1.54) is 0 Å². The number of rotatable bonds is 4. The summed E-state index contributed by atoms with van der Waals surface area (Å²) in [6, 6.07) is 7.17. The van der Waals surface area contributed by atoms with Crippen LogP contribution in [0.3, 0.4) is 0 Å². The molecule has 1 saturated carbocycles. The van der Waals surface area contributed by atoms with E-state index in [2.05, 4.69) is 15.6 Å². The fourth-order valence-corrected chi connectivity index (χ4v) is 4.50. The lowest BCUT2D eigenvalue weighted by Crippen LogP contribution is -2.47. The lowest BCUT2D eigenvalue weighted by Gasteiger charge is -2.39. The number of carbonyl (C=O) groups is 2. The molecule has 2 aromatic rings. The highest BCUT2D eigenvalue weighted by Gasteiger charge is 2.34. The van der Waals surface area contributed by atoms with Gasteiger partial charge in [-0.25, -0.2) is 9.78 Å². The molecular weight excluding hydrogens is 404 g/mol. The minimum Gasteiger partial charge on any atom is -0.495 e. The summed E-state index contributed by atoms with van der Waals surface area (Å²) < 4.78 is 5.14. The van der Waals surface area contributed by atoms with Crippen LogP contribution in [0.4, 0.5) is 16.3 Å². The van der Waals surface area contributed by atoms with Gasteiger partial charge in [-0.1, -0.05) is 11.6 Å². The Morgan fingerprint density at radius 3 is 2.73 bits per heavy atom. The Morgan fingerprint density at radius 1 is 1.27 bits per heavy atom. The van der Waals surface area contributed by atoms with Crippen molar-refractivity contribution < 1.29 is 14.3 Å². The molecule has 30 heavy (non-hydrogen) atoms. The number of hydrogen-bond acceptors (Lipinski definition) is 4. The fraction of sp³-hybridized carbons (Fsp3) is 0.409. The molecule has 1 fully saturated rings. The van der Waals surface area contributed by atoms with Gasteiger partial charge in [-0.2, -0.15) is 0 Å². The van der Waals surface area contributed by atoms with E-state index in [0.29, 0.717) is 28.8 Å². The highest BCUT2D eigenvalue weighted by molar-refractivity contribution is 6.32. The van der Waals surface area contributed by atoms with Crippen LogP contribution in [0.1, 0.15) is 36.8 Å². The number of amides is 3. The number of hydrogen-bond donors (Lipinski definition) is 2. The number of aryl methyl sites for hydroxylation is 1. The Bertz CT molecular complexity index is 973. The third-order valence-corrected chi connectivity index (χ3v) is 6.33. The van der Waals surface area contributed by atoms with Crippen molar-refractivity contribution in [3.8, 4) is 5.75 Å². The summed E-state index contributed by atoms with van der Waals surface area (Å²) in [5.74, 6) is 1.14. The molecule has 2 heterocycles. The van der Waals surface area contributed by atoms with Gasteiger partial charge in [0.1, 0.15) is 11.6 Å². The summed E-state index contributed by atoms with van der Waals surface area (Å²) in [5, 5.41) is 6.31. The monoisotopic (exact) mass is 428 g/mol. The van der Waals surface area contributed by atoms with Gasteiger partial charge in [-0.15, -0.1) is 0 Å². The van der Waals surface area contributed by atoms with Crippen LogP contribution >= 0.6 is 11.6 Å². The number of methoxy groups -OCH3 is 1. The van der Waals surface area contributed by atoms with Crippen molar-refractivity contribution in [1.29, 1.82) is 0 Å². The van der Waals surface area contributed by atoms with E-state index in [0.717, 1.165) is 36.8 Å². The first kappa shape index (κ1) is 20.5. The first-order chi connectivity index (χ1) is 14.5. The van der Waals surface area contributed by atoms with Crippen LogP contribution in [0.25, 0.3) is 0 Å². The van der Waals surface area contributed by atoms with Crippen LogP contribution in [0.5, 0.6) is 5.75 Å². The minimum atomic E-state index is -0.110. The standard InChI is InChI=1S/C22H25ClN4O3/c1-13-9-10-24-20-17(13)12-27(22(29)26-20)16-6-3-14(4-7-16)21(28)25-15-5-8-19(30-2)18(23)11-15/h5,8-11,14,16H,3-4,6-7,12H2,1-2H3,(H,25,28)(H,24,26,29). The largest absolute Gasteiger partial charge is 0.495 e. The SMILES string of the molecule is COc1ccc(NC(=O)C2CCC(N3Cc4c(C)ccnc4NC3=O)CC2)cc1Cl. The van der Waals surface area contributed by atoms with Crippen molar-refractivity contribution in [2.75, 3.05) is 17.7 Å². The van der Waals surface area contributed by atoms with E-state index < -0.39 is 0 Å². The molecule has 1 aromatic heterocycles. The summed E-state index contributed by atoms with van der Waals surface area (Å²) in [4.78, 5) is 31.4. The summed E-state index contributed by atoms with van der Waals surface area (Å²) in [7, 11) is 1.55. The summed E-state index contributed by atoms with van der Waals surface area (Å²) >= 11 is 6.14. The number of nitrogens with one attached hydrogen (secondary N) is 2. The van der Waals surface area contributed by atoms with Crippen molar-refractivity contribution in [2.24, 2.45) is 5.92 Å². The number of pyridine rings is 1. The number of halogens is 1. The predicted octanol–water partition coefficient (Wildman–Crippen LogP) is 4.60. The average molecular weight is 429 g/mol. The first-order valence-corrected chi connectivity index (χ1v) is 10.5. The van der Waals surface area contributed by atoms with Crippen molar-refractivity contribution in [3.05, 3.63) is 46.6 Å². The van der Waals surface area contributed by atoms with Gasteiger partial charge in [-0.05, 0) is 62.4 Å². The normalized spacial score (nSPS) is 20.9. The Balaban J connectivity index is 1.36. The Kier molecular flexibility index (Phi) is 5.81. The van der Waals surface area contributed by atoms with Gasteiger partial charge >= 0.3 is 6.03 Å². The molecule has 0 atom stereocenters. The Labute approximate surface area is 180 Å². The van der Waals surface area contributed by atoms with Crippen LogP contribution in [0.15, 0.2) is 30.5 Å². The quantitative estimate of drug-likeness (QED) is 0.745. The van der Waals surface area contributed by atoms with E-state index in [1.54, 1.807) is 31.5 Å². The second-order valence-electron chi connectivity index (χ2n) is 7.86. The smallest absolute Gasteiger partial charge is 0.323 e. The van der Waals surface area contributed by atoms with Gasteiger partial charge in [0, 0.05) is 29.4 Å². The molecule has 4 rings (SSSR count). The van der Waals surface area contributed by atoms with E-state index in [4.69, 9.17) is 16.3 Å². The summed E-state index contributed by atoms with van der Waals surface area (Å²) in [6.45, 7) is 2.59. The molecule has 0 saturated heterocycles. The Morgan fingerprint density at radius 2 is 2.03 bits per heavy atom. The molecule has 3 amide bonds. The number of anilines is 2. The number of urea groups is 1. The van der Waals surface area contributed by atoms with Crippen molar-refractivity contribution in [1.82, 2.24) is 9.88 Å². The van der Waals surface area contributed by atoms with Crippen LogP contribution < -0.4 is 15.4 Å². The number of nitrogens with zero attached hydrogens (tertiary/aromatic N) is 2. The van der Waals surface area contributed by atoms with Crippen LogP contribution in [-0.2, 0) is 11.3 Å². The van der Waals surface area contributed by atoms with E-state index in [-0.39, 0.29) is 23.9 Å². The summed E-state index contributed by atoms with van der Waals surface area (Å²) in [5.41, 5.74) is 2.84.